The van der Waals surface area contributed by atoms with Gasteiger partial charge in [0.15, 0.2) is 0 Å². The van der Waals surface area contributed by atoms with Crippen LogP contribution in [0.5, 0.6) is 0 Å². The van der Waals surface area contributed by atoms with Crippen molar-refractivity contribution in [3.63, 3.8) is 0 Å². The van der Waals surface area contributed by atoms with Crippen molar-refractivity contribution in [2.75, 3.05) is 19.6 Å². The zero-order valence-corrected chi connectivity index (χ0v) is 16.1. The van der Waals surface area contributed by atoms with Crippen LogP contribution in [0.25, 0.3) is 10.8 Å². The number of hydrogen-bond donors (Lipinski definition) is 2. The van der Waals surface area contributed by atoms with E-state index in [4.69, 9.17) is 9.79 Å². The quantitative estimate of drug-likeness (QED) is 0.747. The van der Waals surface area contributed by atoms with Crippen LogP contribution >= 0.6 is 18.2 Å². The SMILES string of the molecule is CC(CN1CCN=C1C(C)c1cccc2ccccc12)SP(=O)(O)O. The van der Waals surface area contributed by atoms with Gasteiger partial charge in [-0.05, 0) is 27.7 Å². The van der Waals surface area contributed by atoms with Gasteiger partial charge in [0, 0.05) is 24.3 Å². The highest BCUT2D eigenvalue weighted by atomic mass is 32.7. The first-order valence-corrected chi connectivity index (χ1v) is 11.5. The molecule has 0 bridgehead atoms. The van der Waals surface area contributed by atoms with Gasteiger partial charge in [0.2, 0.25) is 0 Å². The van der Waals surface area contributed by atoms with Crippen LogP contribution in [0, 0.1) is 0 Å². The second kappa shape index (κ2) is 7.50. The molecule has 1 aliphatic heterocycles. The molecule has 2 aromatic carbocycles. The molecule has 5 nitrogen and oxygen atoms in total. The highest BCUT2D eigenvalue weighted by Crippen LogP contribution is 2.52. The number of amidine groups is 1. The highest BCUT2D eigenvalue weighted by molar-refractivity contribution is 8.54. The van der Waals surface area contributed by atoms with Gasteiger partial charge in [0.05, 0.1) is 6.54 Å². The third-order valence-electron chi connectivity index (χ3n) is 4.44. The fraction of sp³-hybridized carbons (Fsp3) is 0.389. The van der Waals surface area contributed by atoms with Crippen molar-refractivity contribution in [3.8, 4) is 0 Å². The minimum absolute atomic E-state index is 0.140. The van der Waals surface area contributed by atoms with E-state index in [9.17, 15) is 4.57 Å². The number of rotatable bonds is 6. The van der Waals surface area contributed by atoms with Gasteiger partial charge in [-0.1, -0.05) is 56.3 Å². The van der Waals surface area contributed by atoms with E-state index in [1.165, 1.54) is 16.3 Å². The van der Waals surface area contributed by atoms with Gasteiger partial charge in [0.25, 0.3) is 0 Å². The first kappa shape index (κ1) is 18.5. The Bertz CT molecular complexity index is 831. The largest absolute Gasteiger partial charge is 0.384 e. The van der Waals surface area contributed by atoms with E-state index in [1.54, 1.807) is 0 Å². The number of hydrogen-bond acceptors (Lipinski definition) is 4. The zero-order valence-electron chi connectivity index (χ0n) is 14.4. The van der Waals surface area contributed by atoms with E-state index in [2.05, 4.69) is 47.1 Å². The maximum atomic E-state index is 11.2. The van der Waals surface area contributed by atoms with Crippen LogP contribution in [0.4, 0.5) is 0 Å². The van der Waals surface area contributed by atoms with Crippen LogP contribution in [-0.2, 0) is 4.57 Å². The molecule has 3 rings (SSSR count). The summed E-state index contributed by atoms with van der Waals surface area (Å²) in [5.41, 5.74) is 1.24. The zero-order chi connectivity index (χ0) is 18.0. The predicted molar refractivity (Wildman–Crippen MR) is 105 cm³/mol. The van der Waals surface area contributed by atoms with Crippen molar-refractivity contribution in [2.45, 2.75) is 25.0 Å². The second-order valence-electron chi connectivity index (χ2n) is 6.38. The van der Waals surface area contributed by atoms with E-state index < -0.39 is 6.80 Å². The highest BCUT2D eigenvalue weighted by Gasteiger charge is 2.28. The first-order valence-electron chi connectivity index (χ1n) is 8.36. The lowest BCUT2D eigenvalue weighted by molar-refractivity contribution is 0.395. The van der Waals surface area contributed by atoms with Gasteiger partial charge in [-0.15, -0.1) is 0 Å². The van der Waals surface area contributed by atoms with Gasteiger partial charge in [-0.3, -0.25) is 4.99 Å². The van der Waals surface area contributed by atoms with Crippen LogP contribution < -0.4 is 0 Å². The van der Waals surface area contributed by atoms with Gasteiger partial charge < -0.3 is 14.7 Å². The lowest BCUT2D eigenvalue weighted by atomic mass is 9.93. The fourth-order valence-corrected chi connectivity index (χ4v) is 5.76. The van der Waals surface area contributed by atoms with Crippen molar-refractivity contribution in [1.29, 1.82) is 0 Å². The van der Waals surface area contributed by atoms with Crippen molar-refractivity contribution >= 4 is 34.8 Å². The molecule has 2 atom stereocenters. The number of nitrogens with zero attached hydrogens (tertiary/aromatic N) is 2. The van der Waals surface area contributed by atoms with Crippen molar-refractivity contribution in [1.82, 2.24) is 4.90 Å². The lowest BCUT2D eigenvalue weighted by Gasteiger charge is -2.28. The van der Waals surface area contributed by atoms with Gasteiger partial charge in [-0.2, -0.15) is 0 Å². The third-order valence-corrected chi connectivity index (χ3v) is 7.13. The Morgan fingerprint density at radius 2 is 1.92 bits per heavy atom. The van der Waals surface area contributed by atoms with Crippen LogP contribution in [0.3, 0.4) is 0 Å². The summed E-state index contributed by atoms with van der Waals surface area (Å²) in [6, 6.07) is 14.6. The Hall–Kier alpha value is -1.33. The Morgan fingerprint density at radius 1 is 1.20 bits per heavy atom. The molecular formula is C18H23N2O3PS. The minimum atomic E-state index is -4.06. The molecular weight excluding hydrogens is 355 g/mol. The number of aliphatic imine (C=N–C) groups is 1. The summed E-state index contributed by atoms with van der Waals surface area (Å²) < 4.78 is 11.2. The summed E-state index contributed by atoms with van der Waals surface area (Å²) in [4.78, 5) is 25.2. The van der Waals surface area contributed by atoms with Crippen molar-refractivity contribution in [3.05, 3.63) is 48.0 Å². The molecule has 2 N–H and O–H groups in total. The Kier molecular flexibility index (Phi) is 5.54. The van der Waals surface area contributed by atoms with Gasteiger partial charge in [0.1, 0.15) is 5.84 Å². The number of fused-ring (bicyclic) bond motifs is 1. The molecule has 0 amide bonds. The molecule has 134 valence electrons. The van der Waals surface area contributed by atoms with E-state index >= 15 is 0 Å². The van der Waals surface area contributed by atoms with E-state index in [0.717, 1.165) is 30.3 Å². The molecule has 2 unspecified atom stereocenters. The van der Waals surface area contributed by atoms with Crippen LogP contribution in [-0.4, -0.2) is 45.4 Å². The fourth-order valence-electron chi connectivity index (χ4n) is 3.44. The Balaban J connectivity index is 1.81. The molecule has 2 aromatic rings. The van der Waals surface area contributed by atoms with Crippen LogP contribution in [0.1, 0.15) is 25.3 Å². The lowest BCUT2D eigenvalue weighted by Crippen LogP contribution is -2.35. The van der Waals surface area contributed by atoms with E-state index in [1.807, 2.05) is 19.1 Å². The molecule has 0 saturated heterocycles. The summed E-state index contributed by atoms with van der Waals surface area (Å²) in [5, 5.41) is 2.27. The summed E-state index contributed by atoms with van der Waals surface area (Å²) in [7, 11) is 0. The smallest absolute Gasteiger partial charge is 0.357 e. The van der Waals surface area contributed by atoms with Crippen molar-refractivity contribution in [2.24, 2.45) is 4.99 Å². The maximum Gasteiger partial charge on any atom is 0.384 e. The number of benzene rings is 2. The molecule has 25 heavy (non-hydrogen) atoms. The molecule has 0 saturated carbocycles. The topological polar surface area (TPSA) is 73.1 Å². The summed E-state index contributed by atoms with van der Waals surface area (Å²) in [6.07, 6.45) is 0. The summed E-state index contributed by atoms with van der Waals surface area (Å²) in [5.74, 6) is 1.15. The molecule has 7 heteroatoms. The second-order valence-corrected chi connectivity index (χ2v) is 10.4. The summed E-state index contributed by atoms with van der Waals surface area (Å²) in [6.45, 7) is 2.06. The first-order chi connectivity index (χ1) is 11.8. The van der Waals surface area contributed by atoms with E-state index in [0.29, 0.717) is 6.54 Å². The van der Waals surface area contributed by atoms with Gasteiger partial charge in [-0.25, -0.2) is 4.57 Å². The van der Waals surface area contributed by atoms with Crippen LogP contribution in [0.15, 0.2) is 47.5 Å². The monoisotopic (exact) mass is 378 g/mol. The molecule has 0 spiro atoms. The molecule has 0 radical (unpaired) electrons. The summed E-state index contributed by atoms with van der Waals surface area (Å²) >= 11 is 0.726. The molecule has 0 aliphatic carbocycles. The average Bonchev–Trinajstić information content (AvgIpc) is 2.99. The molecule has 0 fully saturated rings. The maximum absolute atomic E-state index is 11.2. The minimum Gasteiger partial charge on any atom is -0.357 e. The average molecular weight is 378 g/mol. The Morgan fingerprint density at radius 3 is 2.68 bits per heavy atom. The standard InChI is InChI=1S/C18H23N2O3PS/c1-13(25-24(21,22)23)12-20-11-10-19-18(20)14(2)16-9-5-7-15-6-3-4-8-17(15)16/h3-9,13-14H,10-12H2,1-2H3,(H2,21,22,23). The molecule has 0 aromatic heterocycles. The van der Waals surface area contributed by atoms with Gasteiger partial charge >= 0.3 is 6.80 Å². The van der Waals surface area contributed by atoms with Crippen LogP contribution in [0.2, 0.25) is 0 Å². The molecule has 1 heterocycles. The Labute approximate surface area is 152 Å². The van der Waals surface area contributed by atoms with E-state index in [-0.39, 0.29) is 11.2 Å². The van der Waals surface area contributed by atoms with Crippen molar-refractivity contribution < 1.29 is 14.4 Å². The normalized spacial score (nSPS) is 17.6. The third kappa shape index (κ3) is 4.45. The predicted octanol–water partition coefficient (Wildman–Crippen LogP) is 3.87. The molecule has 1 aliphatic rings.